The zero-order valence-corrected chi connectivity index (χ0v) is 12.6. The van der Waals surface area contributed by atoms with Crippen LogP contribution in [-0.2, 0) is 6.54 Å². The maximum absolute atomic E-state index is 9.93. The van der Waals surface area contributed by atoms with Crippen LogP contribution >= 0.6 is 11.6 Å². The van der Waals surface area contributed by atoms with E-state index >= 15 is 0 Å². The van der Waals surface area contributed by atoms with Crippen molar-refractivity contribution in [1.29, 1.82) is 0 Å². The summed E-state index contributed by atoms with van der Waals surface area (Å²) in [6.45, 7) is 1.15. The van der Waals surface area contributed by atoms with E-state index < -0.39 is 0 Å². The monoisotopic (exact) mass is 307 g/mol. The van der Waals surface area contributed by atoms with Gasteiger partial charge >= 0.3 is 0 Å². The van der Waals surface area contributed by atoms with Gasteiger partial charge in [-0.1, -0.05) is 28.9 Å². The number of rotatable bonds is 6. The van der Waals surface area contributed by atoms with Crippen molar-refractivity contribution in [3.8, 4) is 11.4 Å². The fraction of sp³-hybridized carbons (Fsp3) is 0.467. The molecule has 0 aliphatic heterocycles. The summed E-state index contributed by atoms with van der Waals surface area (Å²) in [5.74, 6) is 1.54. The van der Waals surface area contributed by atoms with Crippen LogP contribution in [0.15, 0.2) is 28.8 Å². The molecule has 1 saturated carbocycles. The fourth-order valence-corrected chi connectivity index (χ4v) is 2.50. The van der Waals surface area contributed by atoms with Crippen LogP contribution in [0.2, 0.25) is 5.02 Å². The number of halogens is 1. The van der Waals surface area contributed by atoms with E-state index in [9.17, 15) is 5.11 Å². The van der Waals surface area contributed by atoms with E-state index in [-0.39, 0.29) is 6.10 Å². The second-order valence-electron chi connectivity index (χ2n) is 5.62. The van der Waals surface area contributed by atoms with Gasteiger partial charge in [0.05, 0.1) is 12.6 Å². The number of likely N-dealkylation sites (N-methyl/N-ethyl adjacent to an activating group) is 1. The first-order chi connectivity index (χ1) is 10.1. The minimum absolute atomic E-state index is 0.259. The highest BCUT2D eigenvalue weighted by molar-refractivity contribution is 6.30. The van der Waals surface area contributed by atoms with E-state index in [0.717, 1.165) is 18.4 Å². The standard InChI is InChI=1S/C15H18ClN3O2/c1-19(8-13(20)10-5-6-10)9-14-17-15(18-21-14)11-3-2-4-12(16)7-11/h2-4,7,10,13,20H,5-6,8-9H2,1H3. The molecular weight excluding hydrogens is 290 g/mol. The molecule has 0 bridgehead atoms. The fourth-order valence-electron chi connectivity index (χ4n) is 2.31. The molecule has 0 radical (unpaired) electrons. The third-order valence-electron chi connectivity index (χ3n) is 3.62. The van der Waals surface area contributed by atoms with Gasteiger partial charge in [-0.2, -0.15) is 4.98 Å². The number of hydrogen-bond acceptors (Lipinski definition) is 5. The van der Waals surface area contributed by atoms with Crippen molar-refractivity contribution in [2.45, 2.75) is 25.5 Å². The van der Waals surface area contributed by atoms with Gasteiger partial charge in [-0.25, -0.2) is 0 Å². The predicted octanol–water partition coefficient (Wildman–Crippen LogP) is 2.59. The molecule has 1 aliphatic carbocycles. The lowest BCUT2D eigenvalue weighted by molar-refractivity contribution is 0.0992. The highest BCUT2D eigenvalue weighted by Gasteiger charge is 2.30. The molecule has 1 aromatic carbocycles. The van der Waals surface area contributed by atoms with Crippen molar-refractivity contribution < 1.29 is 9.63 Å². The molecule has 112 valence electrons. The van der Waals surface area contributed by atoms with E-state index in [1.807, 2.05) is 24.1 Å². The molecule has 1 aromatic heterocycles. The highest BCUT2D eigenvalue weighted by atomic mass is 35.5. The first kappa shape index (κ1) is 14.5. The van der Waals surface area contributed by atoms with Gasteiger partial charge in [-0.05, 0) is 37.9 Å². The summed E-state index contributed by atoms with van der Waals surface area (Å²) in [6, 6.07) is 7.35. The Morgan fingerprint density at radius 3 is 3.00 bits per heavy atom. The van der Waals surface area contributed by atoms with Gasteiger partial charge in [0.25, 0.3) is 0 Å². The number of nitrogens with zero attached hydrogens (tertiary/aromatic N) is 3. The summed E-state index contributed by atoms with van der Waals surface area (Å²) < 4.78 is 5.26. The van der Waals surface area contributed by atoms with Gasteiger partial charge in [0, 0.05) is 17.1 Å². The highest BCUT2D eigenvalue weighted by Crippen LogP contribution is 2.32. The van der Waals surface area contributed by atoms with Gasteiger partial charge in [-0.15, -0.1) is 0 Å². The summed E-state index contributed by atoms with van der Waals surface area (Å²) in [4.78, 5) is 6.37. The molecule has 1 aliphatic rings. The Bertz CT molecular complexity index is 612. The molecular formula is C15H18ClN3O2. The van der Waals surface area contributed by atoms with Gasteiger partial charge < -0.3 is 9.63 Å². The SMILES string of the molecule is CN(Cc1nc(-c2cccc(Cl)c2)no1)CC(O)C1CC1. The second kappa shape index (κ2) is 6.13. The normalized spacial score (nSPS) is 16.4. The minimum Gasteiger partial charge on any atom is -0.392 e. The van der Waals surface area contributed by atoms with Crippen LogP contribution in [-0.4, -0.2) is 39.8 Å². The maximum atomic E-state index is 9.93. The van der Waals surface area contributed by atoms with E-state index in [1.165, 1.54) is 0 Å². The summed E-state index contributed by atoms with van der Waals surface area (Å²) >= 11 is 5.96. The molecule has 2 aromatic rings. The zero-order chi connectivity index (χ0) is 14.8. The molecule has 0 amide bonds. The number of hydrogen-bond donors (Lipinski definition) is 1. The largest absolute Gasteiger partial charge is 0.392 e. The van der Waals surface area contributed by atoms with Crippen molar-refractivity contribution in [2.24, 2.45) is 5.92 Å². The van der Waals surface area contributed by atoms with E-state index in [2.05, 4.69) is 10.1 Å². The summed E-state index contributed by atoms with van der Waals surface area (Å²) in [5.41, 5.74) is 0.832. The second-order valence-corrected chi connectivity index (χ2v) is 6.06. The molecule has 1 heterocycles. The van der Waals surface area contributed by atoms with Gasteiger partial charge in [0.15, 0.2) is 0 Å². The third-order valence-corrected chi connectivity index (χ3v) is 3.86. The predicted molar refractivity (Wildman–Crippen MR) is 79.8 cm³/mol. The smallest absolute Gasteiger partial charge is 0.241 e. The molecule has 3 rings (SSSR count). The Kier molecular flexibility index (Phi) is 4.24. The summed E-state index contributed by atoms with van der Waals surface area (Å²) in [5, 5.41) is 14.5. The quantitative estimate of drug-likeness (QED) is 0.889. The molecule has 5 nitrogen and oxygen atoms in total. The lowest BCUT2D eigenvalue weighted by atomic mass is 10.2. The van der Waals surface area contributed by atoms with Gasteiger partial charge in [-0.3, -0.25) is 4.90 Å². The Balaban J connectivity index is 1.62. The zero-order valence-electron chi connectivity index (χ0n) is 11.9. The average molecular weight is 308 g/mol. The minimum atomic E-state index is -0.259. The van der Waals surface area contributed by atoms with Crippen molar-refractivity contribution in [1.82, 2.24) is 15.0 Å². The Morgan fingerprint density at radius 2 is 2.29 bits per heavy atom. The van der Waals surface area contributed by atoms with Crippen LogP contribution < -0.4 is 0 Å². The van der Waals surface area contributed by atoms with E-state index in [4.69, 9.17) is 16.1 Å². The number of aromatic nitrogens is 2. The molecule has 1 fully saturated rings. The summed E-state index contributed by atoms with van der Waals surface area (Å²) in [6.07, 6.45) is 2.01. The van der Waals surface area contributed by atoms with E-state index in [0.29, 0.717) is 35.7 Å². The average Bonchev–Trinajstić information content (AvgIpc) is 3.19. The van der Waals surface area contributed by atoms with Crippen molar-refractivity contribution >= 4 is 11.6 Å². The number of benzene rings is 1. The lowest BCUT2D eigenvalue weighted by Crippen LogP contribution is -2.30. The first-order valence-corrected chi connectivity index (χ1v) is 7.45. The topological polar surface area (TPSA) is 62.4 Å². The van der Waals surface area contributed by atoms with Crippen molar-refractivity contribution in [2.75, 3.05) is 13.6 Å². The van der Waals surface area contributed by atoms with Crippen LogP contribution in [0, 0.1) is 5.92 Å². The Morgan fingerprint density at radius 1 is 1.48 bits per heavy atom. The van der Waals surface area contributed by atoms with Crippen molar-refractivity contribution in [3.63, 3.8) is 0 Å². The Hall–Kier alpha value is -1.43. The first-order valence-electron chi connectivity index (χ1n) is 7.07. The van der Waals surface area contributed by atoms with Crippen LogP contribution in [0.3, 0.4) is 0 Å². The molecule has 0 saturated heterocycles. The maximum Gasteiger partial charge on any atom is 0.241 e. The Labute approximate surface area is 128 Å². The van der Waals surface area contributed by atoms with Gasteiger partial charge in [0.1, 0.15) is 0 Å². The van der Waals surface area contributed by atoms with Crippen LogP contribution in [0.1, 0.15) is 18.7 Å². The van der Waals surface area contributed by atoms with Crippen LogP contribution in [0.25, 0.3) is 11.4 Å². The molecule has 0 spiro atoms. The van der Waals surface area contributed by atoms with Gasteiger partial charge in [0.2, 0.25) is 11.7 Å². The van der Waals surface area contributed by atoms with E-state index in [1.54, 1.807) is 12.1 Å². The number of aliphatic hydroxyl groups excluding tert-OH is 1. The molecule has 1 unspecified atom stereocenters. The molecule has 1 atom stereocenters. The molecule has 21 heavy (non-hydrogen) atoms. The number of aliphatic hydroxyl groups is 1. The summed E-state index contributed by atoms with van der Waals surface area (Å²) in [7, 11) is 1.94. The van der Waals surface area contributed by atoms with Crippen molar-refractivity contribution in [3.05, 3.63) is 35.2 Å². The van der Waals surface area contributed by atoms with Crippen LogP contribution in [0.5, 0.6) is 0 Å². The lowest BCUT2D eigenvalue weighted by Gasteiger charge is -2.18. The van der Waals surface area contributed by atoms with Crippen LogP contribution in [0.4, 0.5) is 0 Å². The third kappa shape index (κ3) is 3.81. The molecule has 1 N–H and O–H groups in total. The molecule has 6 heteroatoms.